The van der Waals surface area contributed by atoms with Crippen LogP contribution in [0.15, 0.2) is 59.4 Å². The van der Waals surface area contributed by atoms with Crippen LogP contribution in [-0.2, 0) is 4.79 Å². The minimum atomic E-state index is -0.878. The van der Waals surface area contributed by atoms with Crippen LogP contribution in [0, 0.1) is 11.3 Å². The molecule has 0 saturated heterocycles. The van der Waals surface area contributed by atoms with Crippen LogP contribution >= 0.6 is 22.9 Å². The van der Waals surface area contributed by atoms with Gasteiger partial charge in [0.15, 0.2) is 5.57 Å². The lowest BCUT2D eigenvalue weighted by Crippen LogP contribution is -2.32. The molecule has 0 aliphatic heterocycles. The lowest BCUT2D eigenvalue weighted by atomic mass is 10.2. The molecule has 3 rings (SSSR count). The zero-order chi connectivity index (χ0) is 18.7. The Labute approximate surface area is 157 Å². The Morgan fingerprint density at radius 3 is 2.38 bits per heavy atom. The molecule has 0 aliphatic carbocycles. The second-order valence-corrected chi connectivity index (χ2v) is 6.76. The van der Waals surface area contributed by atoms with Gasteiger partial charge in [-0.3, -0.25) is 14.2 Å². The van der Waals surface area contributed by atoms with E-state index in [1.54, 1.807) is 60.7 Å². The van der Waals surface area contributed by atoms with Crippen molar-refractivity contribution >= 4 is 40.5 Å². The fourth-order valence-electron chi connectivity index (χ4n) is 2.38. The van der Waals surface area contributed by atoms with Gasteiger partial charge >= 0.3 is 0 Å². The Kier molecular flexibility index (Phi) is 5.03. The second-order valence-electron chi connectivity index (χ2n) is 5.29. The Balaban J connectivity index is 2.39. The van der Waals surface area contributed by atoms with E-state index in [9.17, 15) is 14.9 Å². The zero-order valence-electron chi connectivity index (χ0n) is 13.3. The lowest BCUT2D eigenvalue weighted by Gasteiger charge is -2.01. The molecule has 5 nitrogen and oxygen atoms in total. The average Bonchev–Trinajstić information content (AvgIpc) is 2.94. The van der Waals surface area contributed by atoms with Gasteiger partial charge in [-0.05, 0) is 35.9 Å². The third-order valence-electron chi connectivity index (χ3n) is 3.58. The van der Waals surface area contributed by atoms with E-state index in [1.807, 2.05) is 6.07 Å². The largest absolute Gasteiger partial charge is 0.365 e. The van der Waals surface area contributed by atoms with Crippen LogP contribution in [0.2, 0.25) is 5.02 Å². The first-order valence-corrected chi connectivity index (χ1v) is 8.69. The van der Waals surface area contributed by atoms with Gasteiger partial charge in [-0.1, -0.05) is 41.9 Å². The van der Waals surface area contributed by atoms with Crippen molar-refractivity contribution in [1.82, 2.24) is 4.57 Å². The van der Waals surface area contributed by atoms with Gasteiger partial charge in [0.05, 0.1) is 10.2 Å². The summed E-state index contributed by atoms with van der Waals surface area (Å²) >= 11 is 6.93. The van der Waals surface area contributed by atoms with Gasteiger partial charge in [-0.15, -0.1) is 11.3 Å². The standard InChI is InChI=1S/C19H12ClN3O2S/c20-13-8-6-12(7-9-13)10-16-18(25)23(14-4-2-1-3-5-14)19(26-16)15(11-21)17(22)24/h1-10H,(H2,22,24)/b16-10-,19-15-. The summed E-state index contributed by atoms with van der Waals surface area (Å²) in [6.07, 6.45) is 1.68. The second kappa shape index (κ2) is 7.40. The van der Waals surface area contributed by atoms with E-state index in [-0.39, 0.29) is 15.8 Å². The van der Waals surface area contributed by atoms with Crippen LogP contribution in [0.25, 0.3) is 17.3 Å². The summed E-state index contributed by atoms with van der Waals surface area (Å²) < 4.78 is 1.91. The summed E-state index contributed by atoms with van der Waals surface area (Å²) in [5.74, 6) is -0.878. The Bertz CT molecular complexity index is 1190. The predicted molar refractivity (Wildman–Crippen MR) is 102 cm³/mol. The molecule has 1 amide bonds. The molecule has 128 valence electrons. The molecule has 0 radical (unpaired) electrons. The van der Waals surface area contributed by atoms with E-state index < -0.39 is 5.91 Å². The maximum atomic E-state index is 12.9. The number of amides is 1. The number of carbonyl (C=O) groups excluding carboxylic acids is 1. The van der Waals surface area contributed by atoms with E-state index in [1.165, 1.54) is 4.57 Å². The van der Waals surface area contributed by atoms with Crippen LogP contribution in [0.4, 0.5) is 0 Å². The molecule has 0 unspecified atom stereocenters. The number of nitrogens with zero attached hydrogens (tertiary/aromatic N) is 2. The quantitative estimate of drug-likeness (QED) is 0.746. The Morgan fingerprint density at radius 1 is 1.15 bits per heavy atom. The molecule has 26 heavy (non-hydrogen) atoms. The first-order chi connectivity index (χ1) is 12.5. The van der Waals surface area contributed by atoms with Gasteiger partial charge in [-0.25, -0.2) is 0 Å². The van der Waals surface area contributed by atoms with Gasteiger partial charge in [0.2, 0.25) is 0 Å². The van der Waals surface area contributed by atoms with Crippen molar-refractivity contribution in [2.24, 2.45) is 5.73 Å². The fraction of sp³-hybridized carbons (Fsp3) is 0. The van der Waals surface area contributed by atoms with E-state index in [4.69, 9.17) is 17.3 Å². The first kappa shape index (κ1) is 17.7. The molecule has 2 N–H and O–H groups in total. The van der Waals surface area contributed by atoms with Crippen LogP contribution in [0.3, 0.4) is 0 Å². The van der Waals surface area contributed by atoms with Gasteiger partial charge in [0, 0.05) is 5.02 Å². The fourth-order valence-corrected chi connectivity index (χ4v) is 3.62. The third-order valence-corrected chi connectivity index (χ3v) is 4.92. The molecule has 0 saturated carbocycles. The van der Waals surface area contributed by atoms with E-state index in [0.717, 1.165) is 16.9 Å². The van der Waals surface area contributed by atoms with Crippen molar-refractivity contribution < 1.29 is 4.79 Å². The molecule has 0 aliphatic rings. The number of hydrogen-bond donors (Lipinski definition) is 1. The molecule has 0 fully saturated rings. The highest BCUT2D eigenvalue weighted by Crippen LogP contribution is 2.10. The highest BCUT2D eigenvalue weighted by Gasteiger charge is 2.14. The van der Waals surface area contributed by atoms with Crippen LogP contribution in [-0.4, -0.2) is 10.5 Å². The zero-order valence-corrected chi connectivity index (χ0v) is 14.9. The number of carbonyl (C=O) groups is 1. The molecule has 7 heteroatoms. The van der Waals surface area contributed by atoms with Crippen molar-refractivity contribution in [3.05, 3.63) is 84.7 Å². The highest BCUT2D eigenvalue weighted by molar-refractivity contribution is 7.07. The van der Waals surface area contributed by atoms with E-state index in [2.05, 4.69) is 0 Å². The van der Waals surface area contributed by atoms with Crippen LogP contribution in [0.1, 0.15) is 5.56 Å². The highest BCUT2D eigenvalue weighted by atomic mass is 35.5. The Morgan fingerprint density at radius 2 is 1.81 bits per heavy atom. The minimum Gasteiger partial charge on any atom is -0.365 e. The minimum absolute atomic E-state index is 0.205. The third kappa shape index (κ3) is 3.45. The molecule has 1 aromatic heterocycles. The van der Waals surface area contributed by atoms with Crippen molar-refractivity contribution in [1.29, 1.82) is 5.26 Å². The Hall–Kier alpha value is -3.14. The predicted octanol–water partition coefficient (Wildman–Crippen LogP) is 1.54. The number of thiazole rings is 1. The molecule has 3 aromatic rings. The number of primary amides is 1. The molecule has 0 bridgehead atoms. The van der Waals surface area contributed by atoms with Crippen molar-refractivity contribution in [2.45, 2.75) is 0 Å². The van der Waals surface area contributed by atoms with Crippen LogP contribution < -0.4 is 20.5 Å². The van der Waals surface area contributed by atoms with Crippen molar-refractivity contribution in [2.75, 3.05) is 0 Å². The van der Waals surface area contributed by atoms with E-state index >= 15 is 0 Å². The summed E-state index contributed by atoms with van der Waals surface area (Å²) in [5, 5.41) is 9.91. The maximum absolute atomic E-state index is 12.9. The number of rotatable bonds is 3. The smallest absolute Gasteiger partial charge is 0.273 e. The number of hydrogen-bond acceptors (Lipinski definition) is 4. The molecule has 2 aromatic carbocycles. The van der Waals surface area contributed by atoms with Crippen molar-refractivity contribution in [3.63, 3.8) is 0 Å². The maximum Gasteiger partial charge on any atom is 0.273 e. The topological polar surface area (TPSA) is 88.9 Å². The lowest BCUT2D eigenvalue weighted by molar-refractivity contribution is -0.112. The molecule has 0 spiro atoms. The molecule has 1 heterocycles. The summed E-state index contributed by atoms with van der Waals surface area (Å²) in [7, 11) is 0. The van der Waals surface area contributed by atoms with Gasteiger partial charge in [0.25, 0.3) is 11.5 Å². The number of aromatic nitrogens is 1. The number of para-hydroxylation sites is 1. The number of halogens is 1. The van der Waals surface area contributed by atoms with Gasteiger partial charge < -0.3 is 5.73 Å². The van der Waals surface area contributed by atoms with Crippen molar-refractivity contribution in [3.8, 4) is 11.8 Å². The molecule has 0 atom stereocenters. The van der Waals surface area contributed by atoms with Crippen LogP contribution in [0.5, 0.6) is 0 Å². The molecular weight excluding hydrogens is 370 g/mol. The summed E-state index contributed by atoms with van der Waals surface area (Å²) in [5.41, 5.74) is 6.06. The molecular formula is C19H12ClN3O2S. The van der Waals surface area contributed by atoms with Gasteiger partial charge in [-0.2, -0.15) is 5.26 Å². The monoisotopic (exact) mass is 381 g/mol. The first-order valence-electron chi connectivity index (χ1n) is 7.50. The van der Waals surface area contributed by atoms with E-state index in [0.29, 0.717) is 15.2 Å². The summed E-state index contributed by atoms with van der Waals surface area (Å²) in [6.45, 7) is 0. The SMILES string of the molecule is N#C/C(C(N)=O)=c1/s/c(=C\c2ccc(Cl)cc2)c(=O)n1-c1ccccc1. The number of nitrogens with two attached hydrogens (primary N) is 1. The summed E-state index contributed by atoms with van der Waals surface area (Å²) in [6, 6.07) is 17.6. The van der Waals surface area contributed by atoms with Gasteiger partial charge in [0.1, 0.15) is 10.7 Å². The number of nitriles is 1. The average molecular weight is 382 g/mol. The normalized spacial score (nSPS) is 12.5. The number of benzene rings is 2. The summed E-state index contributed by atoms with van der Waals surface area (Å²) in [4.78, 5) is 24.6.